The minimum Gasteiger partial charge on any atom is -0.298 e. The summed E-state index contributed by atoms with van der Waals surface area (Å²) in [7, 11) is -3.27. The predicted molar refractivity (Wildman–Crippen MR) is 63.7 cm³/mol. The van der Waals surface area contributed by atoms with Crippen molar-refractivity contribution in [2.45, 2.75) is 52.0 Å². The Kier molecular flexibility index (Phi) is 4.12. The largest absolute Gasteiger partial charge is 0.298 e. The van der Waals surface area contributed by atoms with Crippen molar-refractivity contribution in [3.8, 4) is 0 Å². The third-order valence-corrected chi connectivity index (χ3v) is 5.28. The molecule has 1 saturated heterocycles. The van der Waals surface area contributed by atoms with Crippen LogP contribution in [0.4, 0.5) is 0 Å². The molecule has 1 aliphatic heterocycles. The summed E-state index contributed by atoms with van der Waals surface area (Å²) in [5, 5.41) is 0. The molecular formula is C11H21NO3S. The fourth-order valence-electron chi connectivity index (χ4n) is 2.03. The smallest absolute Gasteiger partial charge is 0.214 e. The number of rotatable bonds is 4. The number of sulfonamides is 1. The zero-order valence-corrected chi connectivity index (χ0v) is 11.1. The molecule has 1 aliphatic rings. The highest BCUT2D eigenvalue weighted by Gasteiger charge is 2.43. The van der Waals surface area contributed by atoms with E-state index in [9.17, 15) is 13.2 Å². The van der Waals surface area contributed by atoms with Crippen LogP contribution in [-0.4, -0.2) is 36.3 Å². The van der Waals surface area contributed by atoms with Gasteiger partial charge in [0.2, 0.25) is 10.0 Å². The first-order chi connectivity index (χ1) is 7.32. The van der Waals surface area contributed by atoms with Gasteiger partial charge in [-0.3, -0.25) is 4.79 Å². The molecule has 0 spiro atoms. The molecule has 4 nitrogen and oxygen atoms in total. The molecule has 16 heavy (non-hydrogen) atoms. The molecule has 1 fully saturated rings. The lowest BCUT2D eigenvalue weighted by Gasteiger charge is -2.39. The van der Waals surface area contributed by atoms with E-state index in [0.29, 0.717) is 25.8 Å². The zero-order valence-electron chi connectivity index (χ0n) is 10.3. The first-order valence-electron chi connectivity index (χ1n) is 5.86. The Bertz CT molecular complexity index is 359. The molecule has 0 saturated carbocycles. The second kappa shape index (κ2) is 4.84. The number of unbranched alkanes of at least 4 members (excludes halogenated alkanes) is 1. The number of piperidine rings is 1. The van der Waals surface area contributed by atoms with Crippen molar-refractivity contribution < 1.29 is 13.2 Å². The summed E-state index contributed by atoms with van der Waals surface area (Å²) in [4.78, 5) is 11.7. The number of nitrogens with zero attached hydrogens (tertiary/aromatic N) is 1. The van der Waals surface area contributed by atoms with Crippen LogP contribution in [0.3, 0.4) is 0 Å². The highest BCUT2D eigenvalue weighted by molar-refractivity contribution is 7.89. The maximum absolute atomic E-state index is 12.1. The van der Waals surface area contributed by atoms with E-state index in [4.69, 9.17) is 0 Å². The number of hydrogen-bond acceptors (Lipinski definition) is 3. The average Bonchev–Trinajstić information content (AvgIpc) is 2.19. The van der Waals surface area contributed by atoms with Crippen LogP contribution in [-0.2, 0) is 14.8 Å². The van der Waals surface area contributed by atoms with Crippen LogP contribution in [0.1, 0.15) is 46.5 Å². The molecule has 0 aromatic carbocycles. The van der Waals surface area contributed by atoms with E-state index in [1.807, 2.05) is 6.92 Å². The standard InChI is InChI=1S/C11H21NO3S/c1-4-5-9-16(14,15)12-8-6-7-10(13)11(12,2)3/h4-9H2,1-3H3. The van der Waals surface area contributed by atoms with Crippen LogP contribution in [0.25, 0.3) is 0 Å². The zero-order chi connectivity index (χ0) is 12.4. The number of carbonyl (C=O) groups excluding carboxylic acids is 1. The van der Waals surface area contributed by atoms with Gasteiger partial charge in [0.15, 0.2) is 5.78 Å². The van der Waals surface area contributed by atoms with Crippen molar-refractivity contribution in [1.82, 2.24) is 4.31 Å². The van der Waals surface area contributed by atoms with Crippen molar-refractivity contribution in [3.05, 3.63) is 0 Å². The van der Waals surface area contributed by atoms with Crippen LogP contribution in [0, 0.1) is 0 Å². The summed E-state index contributed by atoms with van der Waals surface area (Å²) in [6.45, 7) is 5.85. The lowest BCUT2D eigenvalue weighted by Crippen LogP contribution is -2.56. The quantitative estimate of drug-likeness (QED) is 0.757. The van der Waals surface area contributed by atoms with E-state index in [1.165, 1.54) is 4.31 Å². The van der Waals surface area contributed by atoms with Crippen molar-refractivity contribution in [2.24, 2.45) is 0 Å². The lowest BCUT2D eigenvalue weighted by molar-refractivity contribution is -0.129. The summed E-state index contributed by atoms with van der Waals surface area (Å²) in [6.07, 6.45) is 2.64. The van der Waals surface area contributed by atoms with Crippen molar-refractivity contribution in [3.63, 3.8) is 0 Å². The molecular weight excluding hydrogens is 226 g/mol. The van der Waals surface area contributed by atoms with E-state index in [2.05, 4.69) is 0 Å². The van der Waals surface area contributed by atoms with E-state index in [0.717, 1.165) is 6.42 Å². The van der Waals surface area contributed by atoms with Gasteiger partial charge in [0.25, 0.3) is 0 Å². The van der Waals surface area contributed by atoms with Crippen molar-refractivity contribution in [1.29, 1.82) is 0 Å². The summed E-state index contributed by atoms with van der Waals surface area (Å²) < 4.78 is 25.5. The van der Waals surface area contributed by atoms with E-state index < -0.39 is 15.6 Å². The molecule has 1 rings (SSSR count). The fraction of sp³-hybridized carbons (Fsp3) is 0.909. The first kappa shape index (κ1) is 13.6. The van der Waals surface area contributed by atoms with Crippen molar-refractivity contribution >= 4 is 15.8 Å². The summed E-state index contributed by atoms with van der Waals surface area (Å²) in [6, 6.07) is 0. The van der Waals surface area contributed by atoms with Gasteiger partial charge in [-0.05, 0) is 26.7 Å². The molecule has 0 aliphatic carbocycles. The molecule has 0 amide bonds. The van der Waals surface area contributed by atoms with Crippen molar-refractivity contribution in [2.75, 3.05) is 12.3 Å². The SMILES string of the molecule is CCCCS(=O)(=O)N1CCCC(=O)C1(C)C. The van der Waals surface area contributed by atoms with Crippen LogP contribution < -0.4 is 0 Å². The van der Waals surface area contributed by atoms with Gasteiger partial charge in [-0.25, -0.2) is 8.42 Å². The van der Waals surface area contributed by atoms with Crippen LogP contribution in [0.5, 0.6) is 0 Å². The van der Waals surface area contributed by atoms with E-state index in [1.54, 1.807) is 13.8 Å². The second-order valence-corrected chi connectivity index (χ2v) is 6.84. The van der Waals surface area contributed by atoms with E-state index in [-0.39, 0.29) is 11.5 Å². The molecule has 0 aromatic heterocycles. The molecule has 0 radical (unpaired) electrons. The fourth-order valence-corrected chi connectivity index (χ4v) is 4.11. The number of Topliss-reactive ketones (excluding diaryl/α,β-unsaturated/α-hetero) is 1. The molecule has 1 heterocycles. The van der Waals surface area contributed by atoms with Gasteiger partial charge in [0.1, 0.15) is 0 Å². The average molecular weight is 247 g/mol. The molecule has 0 aromatic rings. The van der Waals surface area contributed by atoms with Gasteiger partial charge < -0.3 is 0 Å². The third-order valence-electron chi connectivity index (χ3n) is 3.16. The highest BCUT2D eigenvalue weighted by Crippen LogP contribution is 2.27. The van der Waals surface area contributed by atoms with Gasteiger partial charge in [0, 0.05) is 13.0 Å². The summed E-state index contributed by atoms with van der Waals surface area (Å²) in [5.41, 5.74) is -0.856. The maximum atomic E-state index is 12.1. The van der Waals surface area contributed by atoms with Gasteiger partial charge in [-0.2, -0.15) is 4.31 Å². The van der Waals surface area contributed by atoms with Gasteiger partial charge in [-0.15, -0.1) is 0 Å². The summed E-state index contributed by atoms with van der Waals surface area (Å²) in [5.74, 6) is 0.180. The minimum absolute atomic E-state index is 0.0267. The molecule has 5 heteroatoms. The Morgan fingerprint density at radius 1 is 1.38 bits per heavy atom. The lowest BCUT2D eigenvalue weighted by atomic mass is 9.92. The molecule has 0 bridgehead atoms. The van der Waals surface area contributed by atoms with Crippen LogP contribution in [0.15, 0.2) is 0 Å². The molecule has 0 unspecified atom stereocenters. The maximum Gasteiger partial charge on any atom is 0.214 e. The predicted octanol–water partition coefficient (Wildman–Crippen LogP) is 1.56. The molecule has 0 atom stereocenters. The van der Waals surface area contributed by atoms with Crippen LogP contribution >= 0.6 is 0 Å². The number of hydrogen-bond donors (Lipinski definition) is 0. The van der Waals surface area contributed by atoms with Gasteiger partial charge in [0.05, 0.1) is 11.3 Å². The van der Waals surface area contributed by atoms with Gasteiger partial charge >= 0.3 is 0 Å². The molecule has 94 valence electrons. The monoisotopic (exact) mass is 247 g/mol. The van der Waals surface area contributed by atoms with Crippen LogP contribution in [0.2, 0.25) is 0 Å². The highest BCUT2D eigenvalue weighted by atomic mass is 32.2. The first-order valence-corrected chi connectivity index (χ1v) is 7.47. The number of carbonyl (C=O) groups is 1. The normalized spacial score (nSPS) is 22.3. The molecule has 0 N–H and O–H groups in total. The second-order valence-electron chi connectivity index (χ2n) is 4.83. The topological polar surface area (TPSA) is 54.5 Å². The summed E-state index contributed by atoms with van der Waals surface area (Å²) >= 11 is 0. The Balaban J connectivity index is 2.89. The third kappa shape index (κ3) is 2.63. The Morgan fingerprint density at radius 2 is 2.00 bits per heavy atom. The minimum atomic E-state index is -3.27. The van der Waals surface area contributed by atoms with E-state index >= 15 is 0 Å². The van der Waals surface area contributed by atoms with Gasteiger partial charge in [-0.1, -0.05) is 13.3 Å². The Labute approximate surface area is 98.1 Å². The Morgan fingerprint density at radius 3 is 2.56 bits per heavy atom. The number of ketones is 1. The Hall–Kier alpha value is -0.420.